The van der Waals surface area contributed by atoms with Crippen LogP contribution in [0.4, 0.5) is 0 Å². The van der Waals surface area contributed by atoms with Gasteiger partial charge in [0.25, 0.3) is 0 Å². The van der Waals surface area contributed by atoms with Crippen LogP contribution < -0.4 is 0 Å². The Balaban J connectivity index is 2.83. The average Bonchev–Trinajstić information content (AvgIpc) is 2.26. The van der Waals surface area contributed by atoms with Gasteiger partial charge in [-0.1, -0.05) is 0 Å². The van der Waals surface area contributed by atoms with Gasteiger partial charge in [0.05, 0.1) is 19.9 Å². The van der Waals surface area contributed by atoms with Crippen LogP contribution >= 0.6 is 7.41 Å². The molecule has 1 fully saturated rings. The summed E-state index contributed by atoms with van der Waals surface area (Å²) in [5.74, 6) is -1.84. The van der Waals surface area contributed by atoms with Crippen LogP contribution in [0.25, 0.3) is 0 Å². The number of carboxylic acid groups (broad SMARTS) is 2. The summed E-state index contributed by atoms with van der Waals surface area (Å²) in [6.45, 7) is 2.45. The molecule has 0 aliphatic carbocycles. The SMILES string of the molecule is CN(CC(=O)O)[P+]1(C)CN(CC=O)CN(CC(=O)O)C1. The molecule has 114 valence electrons. The lowest BCUT2D eigenvalue weighted by Crippen LogP contribution is -2.51. The van der Waals surface area contributed by atoms with E-state index >= 15 is 0 Å². The van der Waals surface area contributed by atoms with Crippen molar-refractivity contribution in [2.45, 2.75) is 0 Å². The minimum absolute atomic E-state index is 0.0832. The van der Waals surface area contributed by atoms with Crippen molar-refractivity contribution < 1.29 is 24.6 Å². The van der Waals surface area contributed by atoms with E-state index in [1.54, 1.807) is 16.6 Å². The second kappa shape index (κ2) is 7.08. The zero-order chi connectivity index (χ0) is 15.3. The smallest absolute Gasteiger partial charge is 0.321 e. The Morgan fingerprint density at radius 1 is 1.25 bits per heavy atom. The fourth-order valence-corrected chi connectivity index (χ4v) is 5.47. The van der Waals surface area contributed by atoms with E-state index in [0.29, 0.717) is 19.2 Å². The van der Waals surface area contributed by atoms with Crippen LogP contribution in [0, 0.1) is 0 Å². The Kier molecular flexibility index (Phi) is 6.01. The predicted octanol–water partition coefficient (Wildman–Crippen LogP) is -0.661. The standard InChI is InChI=1S/C11H20N3O5P/c1-12(5-10(16)17)20(2)8-13(3-4-15)7-14(9-20)6-11(18)19/h4H,3,5-9H2,1-2H3,(H-,16,17,18,19)/p+1. The van der Waals surface area contributed by atoms with E-state index in [1.165, 1.54) is 0 Å². The van der Waals surface area contributed by atoms with E-state index in [9.17, 15) is 14.4 Å². The molecular formula is C11H21N3O5P+. The highest BCUT2D eigenvalue weighted by Crippen LogP contribution is 2.59. The highest BCUT2D eigenvalue weighted by atomic mass is 31.2. The maximum absolute atomic E-state index is 10.9. The molecule has 0 amide bonds. The molecule has 1 heterocycles. The zero-order valence-corrected chi connectivity index (χ0v) is 12.6. The van der Waals surface area contributed by atoms with Crippen LogP contribution in [0.2, 0.25) is 0 Å². The van der Waals surface area contributed by atoms with Gasteiger partial charge in [-0.25, -0.2) is 9.80 Å². The number of aldehydes is 1. The van der Waals surface area contributed by atoms with Crippen LogP contribution in [0.1, 0.15) is 0 Å². The van der Waals surface area contributed by atoms with Gasteiger partial charge in [-0.05, 0) is 0 Å². The lowest BCUT2D eigenvalue weighted by atomic mass is 10.5. The summed E-state index contributed by atoms with van der Waals surface area (Å²) in [6, 6.07) is 0. The van der Waals surface area contributed by atoms with Crippen LogP contribution in [-0.2, 0) is 14.4 Å². The summed E-state index contributed by atoms with van der Waals surface area (Å²) in [5, 5.41) is 17.8. The third kappa shape index (κ3) is 4.79. The van der Waals surface area contributed by atoms with Gasteiger partial charge in [0.1, 0.15) is 39.4 Å². The summed E-state index contributed by atoms with van der Waals surface area (Å²) < 4.78 is 1.79. The van der Waals surface area contributed by atoms with Crippen LogP contribution in [-0.4, -0.2) is 95.5 Å². The van der Waals surface area contributed by atoms with Crippen molar-refractivity contribution in [1.82, 2.24) is 14.5 Å². The summed E-state index contributed by atoms with van der Waals surface area (Å²) in [7, 11) is -0.0831. The number of rotatable bonds is 7. The van der Waals surface area contributed by atoms with Crippen molar-refractivity contribution in [3.05, 3.63) is 0 Å². The minimum Gasteiger partial charge on any atom is -0.480 e. The van der Waals surface area contributed by atoms with Crippen molar-refractivity contribution in [3.8, 4) is 0 Å². The number of carbonyl (C=O) groups excluding carboxylic acids is 1. The molecule has 1 saturated heterocycles. The zero-order valence-electron chi connectivity index (χ0n) is 11.7. The van der Waals surface area contributed by atoms with Crippen molar-refractivity contribution in [3.63, 3.8) is 0 Å². The summed E-state index contributed by atoms with van der Waals surface area (Å²) in [6.07, 6.45) is 1.97. The molecule has 8 nitrogen and oxygen atoms in total. The highest BCUT2D eigenvalue weighted by molar-refractivity contribution is 7.72. The molecule has 1 aliphatic rings. The first-order valence-corrected chi connectivity index (χ1v) is 8.71. The predicted molar refractivity (Wildman–Crippen MR) is 74.8 cm³/mol. The van der Waals surface area contributed by atoms with E-state index in [-0.39, 0.29) is 19.6 Å². The molecule has 1 atom stereocenters. The molecule has 9 heteroatoms. The molecule has 0 aromatic carbocycles. The molecule has 0 bridgehead atoms. The number of carbonyl (C=O) groups is 3. The first-order chi connectivity index (χ1) is 9.26. The molecule has 0 radical (unpaired) electrons. The number of hydrogen-bond donors (Lipinski definition) is 2. The molecule has 0 aromatic heterocycles. The monoisotopic (exact) mass is 306 g/mol. The number of aliphatic carboxylic acids is 2. The Hall–Kier alpha value is -1.08. The van der Waals surface area contributed by atoms with E-state index in [2.05, 4.69) is 0 Å². The normalized spacial score (nSPS) is 24.8. The van der Waals surface area contributed by atoms with Gasteiger partial charge >= 0.3 is 11.9 Å². The fourth-order valence-electron chi connectivity index (χ4n) is 2.37. The molecule has 1 rings (SSSR count). The first kappa shape index (κ1) is 17.0. The molecule has 0 aromatic rings. The van der Waals surface area contributed by atoms with Crippen LogP contribution in [0.5, 0.6) is 0 Å². The van der Waals surface area contributed by atoms with E-state index < -0.39 is 19.4 Å². The summed E-state index contributed by atoms with van der Waals surface area (Å²) in [5.41, 5.74) is 0. The van der Waals surface area contributed by atoms with Gasteiger partial charge < -0.3 is 15.0 Å². The molecule has 20 heavy (non-hydrogen) atoms. The lowest BCUT2D eigenvalue weighted by Gasteiger charge is -2.43. The van der Waals surface area contributed by atoms with E-state index in [1.807, 2.05) is 11.6 Å². The maximum Gasteiger partial charge on any atom is 0.321 e. The number of likely N-dealkylation sites (N-methyl/N-ethyl adjacent to an activating group) is 1. The van der Waals surface area contributed by atoms with Crippen LogP contribution in [0.15, 0.2) is 0 Å². The van der Waals surface area contributed by atoms with E-state index in [4.69, 9.17) is 10.2 Å². The summed E-state index contributed by atoms with van der Waals surface area (Å²) in [4.78, 5) is 36.0. The van der Waals surface area contributed by atoms with Gasteiger partial charge in [-0.3, -0.25) is 9.59 Å². The summed E-state index contributed by atoms with van der Waals surface area (Å²) >= 11 is 0. The molecule has 0 spiro atoms. The first-order valence-electron chi connectivity index (χ1n) is 6.15. The Morgan fingerprint density at radius 3 is 2.35 bits per heavy atom. The Morgan fingerprint density at radius 2 is 1.85 bits per heavy atom. The Bertz CT molecular complexity index is 394. The lowest BCUT2D eigenvalue weighted by molar-refractivity contribution is -0.139. The van der Waals surface area contributed by atoms with Gasteiger partial charge in [0.15, 0.2) is 0 Å². The number of nitrogens with zero attached hydrogens (tertiary/aromatic N) is 3. The fraction of sp³-hybridized carbons (Fsp3) is 0.727. The third-order valence-corrected chi connectivity index (χ3v) is 7.10. The minimum atomic E-state index is -1.82. The topological polar surface area (TPSA) is 101 Å². The Labute approximate surface area is 118 Å². The second-order valence-electron chi connectivity index (χ2n) is 5.22. The van der Waals surface area contributed by atoms with E-state index in [0.717, 1.165) is 6.29 Å². The largest absolute Gasteiger partial charge is 0.480 e. The quantitative estimate of drug-likeness (QED) is 0.472. The van der Waals surface area contributed by atoms with Gasteiger partial charge in [0.2, 0.25) is 0 Å². The molecule has 0 saturated carbocycles. The molecule has 2 N–H and O–H groups in total. The number of hydrogen-bond acceptors (Lipinski definition) is 6. The molecular weight excluding hydrogens is 285 g/mol. The molecule has 1 aliphatic heterocycles. The second-order valence-corrected chi connectivity index (χ2v) is 9.14. The maximum atomic E-state index is 10.9. The van der Waals surface area contributed by atoms with Crippen molar-refractivity contribution in [1.29, 1.82) is 0 Å². The van der Waals surface area contributed by atoms with Crippen molar-refractivity contribution >= 4 is 25.6 Å². The number of carboxylic acids is 2. The average molecular weight is 306 g/mol. The van der Waals surface area contributed by atoms with Crippen LogP contribution in [0.3, 0.4) is 0 Å². The van der Waals surface area contributed by atoms with Crippen molar-refractivity contribution in [2.24, 2.45) is 0 Å². The van der Waals surface area contributed by atoms with Crippen molar-refractivity contribution in [2.75, 3.05) is 52.6 Å². The van der Waals surface area contributed by atoms with Gasteiger partial charge in [0, 0.05) is 7.05 Å². The molecule has 1 unspecified atom stereocenters. The van der Waals surface area contributed by atoms with Gasteiger partial charge in [-0.15, -0.1) is 0 Å². The third-order valence-electron chi connectivity index (χ3n) is 3.29. The van der Waals surface area contributed by atoms with Gasteiger partial charge in [-0.2, -0.15) is 4.67 Å². The highest BCUT2D eigenvalue weighted by Gasteiger charge is 2.45.